The minimum Gasteiger partial charge on any atom is -0.463 e. The average molecular weight is 483 g/mol. The fourth-order valence-corrected chi connectivity index (χ4v) is 4.73. The highest BCUT2D eigenvalue weighted by molar-refractivity contribution is 6.12. The summed E-state index contributed by atoms with van der Waals surface area (Å²) >= 11 is 0. The highest BCUT2D eigenvalue weighted by atomic mass is 16.3. The first-order chi connectivity index (χ1) is 17.3. The van der Waals surface area contributed by atoms with Gasteiger partial charge < -0.3 is 9.73 Å². The van der Waals surface area contributed by atoms with Gasteiger partial charge in [-0.05, 0) is 55.2 Å². The van der Waals surface area contributed by atoms with Crippen molar-refractivity contribution in [1.29, 1.82) is 0 Å². The molecule has 36 heavy (non-hydrogen) atoms. The van der Waals surface area contributed by atoms with Crippen molar-refractivity contribution in [1.82, 2.24) is 15.1 Å². The van der Waals surface area contributed by atoms with Gasteiger partial charge in [-0.15, -0.1) is 0 Å². The molecule has 0 saturated heterocycles. The smallest absolute Gasteiger partial charge is 0.277 e. The Morgan fingerprint density at radius 2 is 1.89 bits per heavy atom. The second-order valence-corrected chi connectivity index (χ2v) is 9.88. The van der Waals surface area contributed by atoms with Gasteiger partial charge in [-0.25, -0.2) is 0 Å². The van der Waals surface area contributed by atoms with Crippen molar-refractivity contribution in [3.05, 3.63) is 95.4 Å². The van der Waals surface area contributed by atoms with Gasteiger partial charge in [0.05, 0.1) is 12.8 Å². The molecule has 0 fully saturated rings. The summed E-state index contributed by atoms with van der Waals surface area (Å²) in [6.07, 6.45) is 1.57. The van der Waals surface area contributed by atoms with E-state index in [9.17, 15) is 9.59 Å². The Labute approximate surface area is 210 Å². The van der Waals surface area contributed by atoms with Crippen LogP contribution in [0.15, 0.2) is 77.4 Å². The summed E-state index contributed by atoms with van der Waals surface area (Å²) in [7, 11) is 0. The summed E-state index contributed by atoms with van der Waals surface area (Å²) in [5, 5.41) is 7.67. The maximum absolute atomic E-state index is 13.9. The number of anilines is 1. The van der Waals surface area contributed by atoms with E-state index in [4.69, 9.17) is 4.42 Å². The molecular formula is C29H30N4O3. The van der Waals surface area contributed by atoms with Crippen LogP contribution in [0.4, 0.5) is 5.69 Å². The topological polar surface area (TPSA) is 80.4 Å². The molecule has 3 heterocycles. The fraction of sp³-hybridized carbons (Fsp3) is 0.276. The second-order valence-electron chi connectivity index (χ2n) is 9.88. The van der Waals surface area contributed by atoms with Crippen molar-refractivity contribution in [2.45, 2.75) is 52.2 Å². The molecule has 1 aliphatic heterocycles. The number of aryl methyl sites for hydroxylation is 1. The maximum Gasteiger partial charge on any atom is 0.277 e. The number of aromatic nitrogens is 2. The Kier molecular flexibility index (Phi) is 6.00. The van der Waals surface area contributed by atoms with E-state index in [1.165, 1.54) is 5.56 Å². The van der Waals surface area contributed by atoms with Gasteiger partial charge in [0, 0.05) is 18.3 Å². The molecule has 2 aromatic carbocycles. The van der Waals surface area contributed by atoms with E-state index < -0.39 is 5.54 Å². The molecule has 5 rings (SSSR count). The van der Waals surface area contributed by atoms with Gasteiger partial charge in [-0.2, -0.15) is 5.10 Å². The number of benzene rings is 2. The van der Waals surface area contributed by atoms with Crippen molar-refractivity contribution in [2.24, 2.45) is 0 Å². The zero-order valence-corrected chi connectivity index (χ0v) is 21.0. The highest BCUT2D eigenvalue weighted by Gasteiger charge is 2.49. The third kappa shape index (κ3) is 4.21. The number of hydrogen-bond acceptors (Lipinski definition) is 4. The SMILES string of the molecule is Cc1cccc(CNC(=O)C2(C)Cn3nc(-c4ccco4)cc3C(=O)N2c2ccc(C(C)C)cc2)c1. The molecule has 2 amide bonds. The molecule has 0 radical (unpaired) electrons. The van der Waals surface area contributed by atoms with Crippen LogP contribution in [0.2, 0.25) is 0 Å². The van der Waals surface area contributed by atoms with Crippen molar-refractivity contribution in [3.63, 3.8) is 0 Å². The Bertz CT molecular complexity index is 1400. The van der Waals surface area contributed by atoms with Crippen molar-refractivity contribution in [3.8, 4) is 11.5 Å². The van der Waals surface area contributed by atoms with E-state index in [0.29, 0.717) is 35.3 Å². The summed E-state index contributed by atoms with van der Waals surface area (Å²) in [6, 6.07) is 21.2. The van der Waals surface area contributed by atoms with Gasteiger partial charge in [-0.3, -0.25) is 19.2 Å². The summed E-state index contributed by atoms with van der Waals surface area (Å²) < 4.78 is 7.11. The van der Waals surface area contributed by atoms with E-state index in [1.54, 1.807) is 41.0 Å². The van der Waals surface area contributed by atoms with Gasteiger partial charge in [0.25, 0.3) is 5.91 Å². The minimum absolute atomic E-state index is 0.209. The number of fused-ring (bicyclic) bond motifs is 1. The van der Waals surface area contributed by atoms with Crippen LogP contribution in [0.3, 0.4) is 0 Å². The molecule has 7 nitrogen and oxygen atoms in total. The first kappa shape index (κ1) is 23.6. The molecule has 7 heteroatoms. The number of furan rings is 1. The number of amides is 2. The molecule has 0 aliphatic carbocycles. The lowest BCUT2D eigenvalue weighted by molar-refractivity contribution is -0.126. The van der Waals surface area contributed by atoms with Crippen LogP contribution in [0.1, 0.15) is 53.9 Å². The fourth-order valence-electron chi connectivity index (χ4n) is 4.73. The Balaban J connectivity index is 1.53. The number of hydrogen-bond donors (Lipinski definition) is 1. The standard InChI is InChI=1S/C29H30N4O3/c1-19(2)22-10-12-23(13-11-22)33-27(34)25-16-24(26-9-6-14-36-26)31-32(25)18-29(33,4)28(35)30-17-21-8-5-7-20(3)15-21/h5-16,19H,17-18H2,1-4H3,(H,30,35). The molecule has 184 valence electrons. The zero-order valence-electron chi connectivity index (χ0n) is 21.0. The van der Waals surface area contributed by atoms with Crippen LogP contribution in [-0.2, 0) is 17.9 Å². The zero-order chi connectivity index (χ0) is 25.4. The molecule has 1 N–H and O–H groups in total. The Morgan fingerprint density at radius 3 is 2.56 bits per heavy atom. The largest absolute Gasteiger partial charge is 0.463 e. The monoisotopic (exact) mass is 482 g/mol. The second kappa shape index (κ2) is 9.15. The summed E-state index contributed by atoms with van der Waals surface area (Å²) in [4.78, 5) is 29.3. The highest BCUT2D eigenvalue weighted by Crippen LogP contribution is 2.35. The average Bonchev–Trinajstić information content (AvgIpc) is 3.53. The molecule has 2 aromatic heterocycles. The molecule has 0 saturated carbocycles. The van der Waals surface area contributed by atoms with Crippen LogP contribution >= 0.6 is 0 Å². The van der Waals surface area contributed by atoms with Crippen LogP contribution < -0.4 is 10.2 Å². The Morgan fingerprint density at radius 1 is 1.11 bits per heavy atom. The van der Waals surface area contributed by atoms with E-state index >= 15 is 0 Å². The molecule has 0 spiro atoms. The summed E-state index contributed by atoms with van der Waals surface area (Å²) in [6.45, 7) is 8.64. The molecule has 0 bridgehead atoms. The van der Waals surface area contributed by atoms with Crippen molar-refractivity contribution < 1.29 is 14.0 Å². The lowest BCUT2D eigenvalue weighted by atomic mass is 9.93. The number of nitrogens with one attached hydrogen (secondary N) is 1. The van der Waals surface area contributed by atoms with Crippen LogP contribution in [0, 0.1) is 6.92 Å². The predicted molar refractivity (Wildman–Crippen MR) is 139 cm³/mol. The summed E-state index contributed by atoms with van der Waals surface area (Å²) in [5.41, 5.74) is 3.74. The van der Waals surface area contributed by atoms with Gasteiger partial charge in [0.1, 0.15) is 16.9 Å². The molecule has 1 aliphatic rings. The molecule has 4 aromatic rings. The molecule has 1 atom stereocenters. The third-order valence-electron chi connectivity index (χ3n) is 6.77. The normalized spacial score (nSPS) is 17.4. The molecule has 1 unspecified atom stereocenters. The quantitative estimate of drug-likeness (QED) is 0.404. The van der Waals surface area contributed by atoms with Gasteiger partial charge in [-0.1, -0.05) is 55.8 Å². The van der Waals surface area contributed by atoms with Gasteiger partial charge >= 0.3 is 0 Å². The van der Waals surface area contributed by atoms with E-state index in [0.717, 1.165) is 11.1 Å². The van der Waals surface area contributed by atoms with Gasteiger partial charge in [0.15, 0.2) is 5.76 Å². The lowest BCUT2D eigenvalue weighted by Gasteiger charge is -2.43. The predicted octanol–water partition coefficient (Wildman–Crippen LogP) is 5.31. The molecular weight excluding hydrogens is 452 g/mol. The number of carbonyl (C=O) groups excluding carboxylic acids is 2. The van der Waals surface area contributed by atoms with E-state index in [-0.39, 0.29) is 18.4 Å². The third-order valence-corrected chi connectivity index (χ3v) is 6.77. The first-order valence-corrected chi connectivity index (χ1v) is 12.2. The maximum atomic E-state index is 13.9. The van der Waals surface area contributed by atoms with Gasteiger partial charge in [0.2, 0.25) is 5.91 Å². The van der Waals surface area contributed by atoms with Crippen LogP contribution in [-0.4, -0.2) is 27.1 Å². The number of nitrogens with zero attached hydrogens (tertiary/aromatic N) is 3. The lowest BCUT2D eigenvalue weighted by Crippen LogP contribution is -2.64. The van der Waals surface area contributed by atoms with E-state index in [2.05, 4.69) is 24.3 Å². The van der Waals surface area contributed by atoms with Crippen molar-refractivity contribution >= 4 is 17.5 Å². The van der Waals surface area contributed by atoms with Crippen molar-refractivity contribution in [2.75, 3.05) is 4.90 Å². The first-order valence-electron chi connectivity index (χ1n) is 12.2. The number of rotatable bonds is 6. The van der Waals surface area contributed by atoms with E-state index in [1.807, 2.05) is 55.5 Å². The van der Waals surface area contributed by atoms with Crippen LogP contribution in [0.5, 0.6) is 0 Å². The number of carbonyl (C=O) groups is 2. The minimum atomic E-state index is -1.19. The van der Waals surface area contributed by atoms with Crippen LogP contribution in [0.25, 0.3) is 11.5 Å². The summed E-state index contributed by atoms with van der Waals surface area (Å²) in [5.74, 6) is 0.406. The Hall–Kier alpha value is -4.13.